The van der Waals surface area contributed by atoms with E-state index in [1.807, 2.05) is 6.07 Å². The van der Waals surface area contributed by atoms with Crippen molar-refractivity contribution in [1.29, 1.82) is 0 Å². The third-order valence-electron chi connectivity index (χ3n) is 4.47. The molecule has 27 heavy (non-hydrogen) atoms. The molecule has 2 heterocycles. The molecule has 2 aromatic rings. The number of carbonyl (C=O) groups is 1. The normalized spacial score (nSPS) is 15.0. The fourth-order valence-electron chi connectivity index (χ4n) is 2.94. The van der Waals surface area contributed by atoms with Crippen molar-refractivity contribution in [2.24, 2.45) is 0 Å². The Morgan fingerprint density at radius 1 is 1.22 bits per heavy atom. The predicted molar refractivity (Wildman–Crippen MR) is 105 cm³/mol. The molecule has 1 fully saturated rings. The van der Waals surface area contributed by atoms with Gasteiger partial charge in [0.1, 0.15) is 10.6 Å². The minimum Gasteiger partial charge on any atom is -0.496 e. The molecule has 6 nitrogen and oxygen atoms in total. The minimum absolute atomic E-state index is 0.00139. The van der Waals surface area contributed by atoms with E-state index in [1.165, 1.54) is 29.2 Å². The van der Waals surface area contributed by atoms with Gasteiger partial charge in [-0.05, 0) is 50.1 Å². The summed E-state index contributed by atoms with van der Waals surface area (Å²) in [7, 11) is -1.85. The second kappa shape index (κ2) is 8.41. The molecule has 1 aliphatic heterocycles. The number of hydrogen-bond acceptors (Lipinski definition) is 6. The molecule has 0 saturated carbocycles. The number of ether oxygens (including phenoxy) is 1. The van der Waals surface area contributed by atoms with E-state index >= 15 is 0 Å². The number of Topliss-reactive ketones (excluding diaryl/α,β-unsaturated/α-hetero) is 1. The number of ketones is 1. The zero-order valence-electron chi connectivity index (χ0n) is 15.3. The molecule has 0 atom stereocenters. The number of carbonyl (C=O) groups excluding carboxylic acids is 1. The molecule has 0 N–H and O–H groups in total. The molecule has 0 bridgehead atoms. The average molecular weight is 407 g/mol. The van der Waals surface area contributed by atoms with Gasteiger partial charge in [0.2, 0.25) is 10.0 Å². The number of hydrogen-bond donors (Lipinski definition) is 0. The quantitative estimate of drug-likeness (QED) is 0.518. The number of benzene rings is 1. The third-order valence-corrected chi connectivity index (χ3v) is 7.35. The average Bonchev–Trinajstić information content (AvgIpc) is 3.22. The van der Waals surface area contributed by atoms with E-state index in [2.05, 4.69) is 4.98 Å². The Labute approximate surface area is 164 Å². The zero-order valence-corrected chi connectivity index (χ0v) is 17.0. The maximum Gasteiger partial charge on any atom is 0.244 e. The fraction of sp³-hybridized carbons (Fsp3) is 0.368. The number of nitrogens with zero attached hydrogens (tertiary/aromatic N) is 2. The van der Waals surface area contributed by atoms with Crippen LogP contribution < -0.4 is 4.74 Å². The van der Waals surface area contributed by atoms with Gasteiger partial charge in [-0.15, -0.1) is 11.8 Å². The maximum absolute atomic E-state index is 12.5. The van der Waals surface area contributed by atoms with Crippen molar-refractivity contribution in [3.05, 3.63) is 47.7 Å². The first-order chi connectivity index (χ1) is 12.9. The highest BCUT2D eigenvalue weighted by molar-refractivity contribution is 7.98. The van der Waals surface area contributed by atoms with E-state index in [0.717, 1.165) is 18.4 Å². The van der Waals surface area contributed by atoms with Gasteiger partial charge in [-0.2, -0.15) is 4.31 Å². The lowest BCUT2D eigenvalue weighted by Crippen LogP contribution is -2.27. The molecule has 3 rings (SSSR count). The van der Waals surface area contributed by atoms with Crippen LogP contribution in [-0.4, -0.2) is 43.7 Å². The Kier molecular flexibility index (Phi) is 6.18. The SMILES string of the molecule is COc1ccc(C(C)=O)cc1CSc1ccc(S(=O)(=O)N2CCCC2)cn1. The molecule has 1 saturated heterocycles. The summed E-state index contributed by atoms with van der Waals surface area (Å²) in [5.74, 6) is 1.27. The van der Waals surface area contributed by atoms with E-state index < -0.39 is 10.0 Å². The van der Waals surface area contributed by atoms with Crippen LogP contribution in [0.1, 0.15) is 35.7 Å². The van der Waals surface area contributed by atoms with Gasteiger partial charge in [-0.3, -0.25) is 4.79 Å². The lowest BCUT2D eigenvalue weighted by molar-refractivity contribution is 0.101. The summed E-state index contributed by atoms with van der Waals surface area (Å²) < 4.78 is 31.9. The standard InChI is InChI=1S/C19H22N2O4S2/c1-14(22)15-5-7-18(25-2)16(11-15)13-26-19-8-6-17(12-20-19)27(23,24)21-9-3-4-10-21/h5-8,11-12H,3-4,9-10,13H2,1-2H3. The molecule has 0 amide bonds. The lowest BCUT2D eigenvalue weighted by Gasteiger charge is -2.15. The zero-order chi connectivity index (χ0) is 19.4. The molecule has 144 valence electrons. The first-order valence-electron chi connectivity index (χ1n) is 8.68. The Hall–Kier alpha value is -1.90. The number of thioether (sulfide) groups is 1. The molecule has 1 aromatic carbocycles. The van der Waals surface area contributed by atoms with Crippen LogP contribution in [0.5, 0.6) is 5.75 Å². The summed E-state index contributed by atoms with van der Waals surface area (Å²) in [6.45, 7) is 2.68. The molecule has 1 aromatic heterocycles. The maximum atomic E-state index is 12.5. The van der Waals surface area contributed by atoms with Gasteiger partial charge in [-0.1, -0.05) is 0 Å². The monoisotopic (exact) mass is 406 g/mol. The van der Waals surface area contributed by atoms with Crippen molar-refractivity contribution in [2.45, 2.75) is 35.4 Å². The van der Waals surface area contributed by atoms with Gasteiger partial charge in [0, 0.05) is 36.2 Å². The topological polar surface area (TPSA) is 76.6 Å². The summed E-state index contributed by atoms with van der Waals surface area (Å²) in [5, 5.41) is 0.714. The predicted octanol–water partition coefficient (Wildman–Crippen LogP) is 3.37. The Morgan fingerprint density at radius 3 is 2.56 bits per heavy atom. The molecule has 8 heteroatoms. The highest BCUT2D eigenvalue weighted by Gasteiger charge is 2.27. The third kappa shape index (κ3) is 4.51. The molecular weight excluding hydrogens is 384 g/mol. The van der Waals surface area contributed by atoms with Crippen molar-refractivity contribution < 1.29 is 17.9 Å². The van der Waals surface area contributed by atoms with Crippen molar-refractivity contribution in [3.63, 3.8) is 0 Å². The second-order valence-corrected chi connectivity index (χ2v) is 9.25. The first kappa shape index (κ1) is 19.9. The van der Waals surface area contributed by atoms with E-state index in [4.69, 9.17) is 4.74 Å². The number of pyridine rings is 1. The Balaban J connectivity index is 1.72. The van der Waals surface area contributed by atoms with Gasteiger partial charge < -0.3 is 4.74 Å². The van der Waals surface area contributed by atoms with Gasteiger partial charge in [0.25, 0.3) is 0 Å². The molecule has 0 unspecified atom stereocenters. The summed E-state index contributed by atoms with van der Waals surface area (Å²) in [4.78, 5) is 16.1. The summed E-state index contributed by atoms with van der Waals surface area (Å²) >= 11 is 1.46. The largest absolute Gasteiger partial charge is 0.496 e. The second-order valence-electron chi connectivity index (χ2n) is 6.31. The van der Waals surface area contributed by atoms with Crippen molar-refractivity contribution >= 4 is 27.6 Å². The van der Waals surface area contributed by atoms with Gasteiger partial charge in [0.05, 0.1) is 12.1 Å². The van der Waals surface area contributed by atoms with E-state index in [1.54, 1.807) is 31.4 Å². The van der Waals surface area contributed by atoms with Crippen LogP contribution in [0.15, 0.2) is 46.5 Å². The van der Waals surface area contributed by atoms with Crippen molar-refractivity contribution in [2.75, 3.05) is 20.2 Å². The van der Waals surface area contributed by atoms with Crippen LogP contribution in [0.2, 0.25) is 0 Å². The van der Waals surface area contributed by atoms with Gasteiger partial charge >= 0.3 is 0 Å². The smallest absolute Gasteiger partial charge is 0.244 e. The van der Waals surface area contributed by atoms with Crippen molar-refractivity contribution in [1.82, 2.24) is 9.29 Å². The highest BCUT2D eigenvalue weighted by Crippen LogP contribution is 2.29. The molecule has 0 spiro atoms. The molecule has 0 radical (unpaired) electrons. The van der Waals surface area contributed by atoms with Crippen molar-refractivity contribution in [3.8, 4) is 5.75 Å². The van der Waals surface area contributed by atoms with Crippen LogP contribution in [0.3, 0.4) is 0 Å². The molecule has 1 aliphatic rings. The van der Waals surface area contributed by atoms with Gasteiger partial charge in [0.15, 0.2) is 5.78 Å². The Bertz CT molecular complexity index is 921. The molecule has 0 aliphatic carbocycles. The van der Waals surface area contributed by atoms with Crippen LogP contribution in [0, 0.1) is 0 Å². The first-order valence-corrected chi connectivity index (χ1v) is 11.1. The van der Waals surface area contributed by atoms with Crippen LogP contribution >= 0.6 is 11.8 Å². The van der Waals surface area contributed by atoms with E-state index in [0.29, 0.717) is 35.2 Å². The lowest BCUT2D eigenvalue weighted by atomic mass is 10.1. The Morgan fingerprint density at radius 2 is 1.96 bits per heavy atom. The van der Waals surface area contributed by atoms with E-state index in [-0.39, 0.29) is 10.7 Å². The van der Waals surface area contributed by atoms with Crippen LogP contribution in [-0.2, 0) is 15.8 Å². The fourth-order valence-corrected chi connectivity index (χ4v) is 5.23. The van der Waals surface area contributed by atoms with E-state index in [9.17, 15) is 13.2 Å². The summed E-state index contributed by atoms with van der Waals surface area (Å²) in [6.07, 6.45) is 3.22. The van der Waals surface area contributed by atoms with Crippen LogP contribution in [0.4, 0.5) is 0 Å². The number of rotatable bonds is 7. The summed E-state index contributed by atoms with van der Waals surface area (Å²) in [5.41, 5.74) is 1.53. The van der Waals surface area contributed by atoms with Crippen LogP contribution in [0.25, 0.3) is 0 Å². The number of sulfonamides is 1. The summed E-state index contributed by atoms with van der Waals surface area (Å²) in [6, 6.07) is 8.67. The van der Waals surface area contributed by atoms with Gasteiger partial charge in [-0.25, -0.2) is 13.4 Å². The number of methoxy groups -OCH3 is 1. The molecular formula is C19H22N2O4S2. The minimum atomic E-state index is -3.44. The highest BCUT2D eigenvalue weighted by atomic mass is 32.2. The number of aromatic nitrogens is 1.